The minimum absolute atomic E-state index is 0.0675. The van der Waals surface area contributed by atoms with Gasteiger partial charge in [0.25, 0.3) is 0 Å². The van der Waals surface area contributed by atoms with Crippen LogP contribution in [0.3, 0.4) is 0 Å². The van der Waals surface area contributed by atoms with Crippen molar-refractivity contribution >= 4 is 0 Å². The summed E-state index contributed by atoms with van der Waals surface area (Å²) >= 11 is 0. The molecular formula is C23H22N4O3. The maximum Gasteiger partial charge on any atom is 0.244 e. The number of hydrogen-bond acceptors (Lipinski definition) is 6. The van der Waals surface area contributed by atoms with E-state index in [1.54, 1.807) is 7.11 Å². The van der Waals surface area contributed by atoms with Crippen LogP contribution in [0, 0.1) is 18.3 Å². The van der Waals surface area contributed by atoms with Gasteiger partial charge in [-0.05, 0) is 37.6 Å². The molecule has 0 saturated heterocycles. The first-order valence-corrected chi connectivity index (χ1v) is 9.61. The average Bonchev–Trinajstić information content (AvgIpc) is 3.17. The van der Waals surface area contributed by atoms with Crippen LogP contribution in [0.1, 0.15) is 29.5 Å². The molecular weight excluding hydrogens is 380 g/mol. The largest absolute Gasteiger partial charge is 0.493 e. The number of aromatic amines is 1. The monoisotopic (exact) mass is 402 g/mol. The normalized spacial score (nSPS) is 15.2. The minimum Gasteiger partial charge on any atom is -0.493 e. The van der Waals surface area contributed by atoms with Crippen molar-refractivity contribution in [1.82, 2.24) is 10.2 Å². The van der Waals surface area contributed by atoms with Crippen LogP contribution in [0.4, 0.5) is 0 Å². The Morgan fingerprint density at radius 3 is 2.63 bits per heavy atom. The highest BCUT2D eigenvalue weighted by Gasteiger charge is 2.35. The zero-order chi connectivity index (χ0) is 21.3. The number of allylic oxidation sites excluding steroid dienone is 1. The van der Waals surface area contributed by atoms with Gasteiger partial charge in [-0.15, -0.1) is 5.10 Å². The van der Waals surface area contributed by atoms with E-state index in [-0.39, 0.29) is 5.88 Å². The topological polar surface area (TPSA) is 106 Å². The number of aromatic nitrogens is 2. The second-order valence-electron chi connectivity index (χ2n) is 6.95. The molecule has 1 atom stereocenters. The fourth-order valence-electron chi connectivity index (χ4n) is 3.66. The van der Waals surface area contributed by atoms with Crippen molar-refractivity contribution in [3.8, 4) is 34.7 Å². The molecule has 0 unspecified atom stereocenters. The van der Waals surface area contributed by atoms with Crippen molar-refractivity contribution in [1.29, 1.82) is 5.26 Å². The molecule has 0 fully saturated rings. The molecule has 7 heteroatoms. The summed E-state index contributed by atoms with van der Waals surface area (Å²) in [6.07, 6.45) is 0. The van der Waals surface area contributed by atoms with E-state index in [4.69, 9.17) is 19.9 Å². The van der Waals surface area contributed by atoms with Crippen molar-refractivity contribution in [2.45, 2.75) is 19.8 Å². The molecule has 3 aromatic rings. The van der Waals surface area contributed by atoms with Crippen LogP contribution in [0.15, 0.2) is 53.9 Å². The number of rotatable bonds is 5. The van der Waals surface area contributed by atoms with E-state index < -0.39 is 5.92 Å². The lowest BCUT2D eigenvalue weighted by Crippen LogP contribution is -2.21. The highest BCUT2D eigenvalue weighted by Crippen LogP contribution is 2.46. The smallest absolute Gasteiger partial charge is 0.244 e. The number of H-pyrrole nitrogens is 1. The Balaban J connectivity index is 1.89. The molecule has 0 radical (unpaired) electrons. The third kappa shape index (κ3) is 3.22. The van der Waals surface area contributed by atoms with Gasteiger partial charge >= 0.3 is 0 Å². The van der Waals surface area contributed by atoms with Gasteiger partial charge in [-0.1, -0.05) is 29.8 Å². The first-order valence-electron chi connectivity index (χ1n) is 9.61. The SMILES string of the molecule is CCOc1ccc(-c2[nH]nc3c2[C@@H](c2ccc(C)cc2)C(C#N)=C(N)O3)cc1OC. The number of nitrogens with one attached hydrogen (secondary N) is 1. The molecule has 2 aromatic carbocycles. The van der Waals surface area contributed by atoms with Crippen LogP contribution < -0.4 is 19.9 Å². The maximum absolute atomic E-state index is 9.81. The van der Waals surface area contributed by atoms with Gasteiger partial charge in [0.1, 0.15) is 11.6 Å². The van der Waals surface area contributed by atoms with E-state index in [1.165, 1.54) is 0 Å². The second-order valence-corrected chi connectivity index (χ2v) is 6.95. The summed E-state index contributed by atoms with van der Waals surface area (Å²) in [5, 5.41) is 17.2. The summed E-state index contributed by atoms with van der Waals surface area (Å²) in [4.78, 5) is 0. The molecule has 0 spiro atoms. The minimum atomic E-state index is -0.398. The Morgan fingerprint density at radius 2 is 1.97 bits per heavy atom. The zero-order valence-corrected chi connectivity index (χ0v) is 17.0. The van der Waals surface area contributed by atoms with Crippen molar-refractivity contribution < 1.29 is 14.2 Å². The van der Waals surface area contributed by atoms with Crippen LogP contribution in [0.2, 0.25) is 0 Å². The Kier molecular flexibility index (Phi) is 5.07. The summed E-state index contributed by atoms with van der Waals surface area (Å²) in [6.45, 7) is 4.47. The van der Waals surface area contributed by atoms with Gasteiger partial charge < -0.3 is 19.9 Å². The predicted molar refractivity (Wildman–Crippen MR) is 112 cm³/mol. The van der Waals surface area contributed by atoms with Crippen molar-refractivity contribution in [3.63, 3.8) is 0 Å². The standard InChI is InChI=1S/C23H22N4O3/c1-4-29-17-10-9-15(11-18(17)28-3)21-20-19(14-7-5-13(2)6-8-14)16(12-24)22(25)30-23(20)27-26-21/h5-11,19H,4,25H2,1-3H3,(H,26,27)/t19-/m0/s1. The number of benzene rings is 2. The molecule has 3 N–H and O–H groups in total. The fourth-order valence-corrected chi connectivity index (χ4v) is 3.66. The molecule has 1 aliphatic rings. The Labute approximate surface area is 174 Å². The molecule has 7 nitrogen and oxygen atoms in total. The number of nitriles is 1. The highest BCUT2D eigenvalue weighted by molar-refractivity contribution is 5.72. The molecule has 1 aliphatic heterocycles. The van der Waals surface area contributed by atoms with Crippen LogP contribution in [0.5, 0.6) is 17.4 Å². The fraction of sp³-hybridized carbons (Fsp3) is 0.217. The van der Waals surface area contributed by atoms with Crippen LogP contribution >= 0.6 is 0 Å². The quantitative estimate of drug-likeness (QED) is 0.668. The lowest BCUT2D eigenvalue weighted by atomic mass is 9.83. The van der Waals surface area contributed by atoms with E-state index in [2.05, 4.69) is 16.3 Å². The van der Waals surface area contributed by atoms with Gasteiger partial charge in [0, 0.05) is 5.56 Å². The summed E-state index contributed by atoms with van der Waals surface area (Å²) in [7, 11) is 1.60. The van der Waals surface area contributed by atoms with Crippen molar-refractivity contribution in [3.05, 3.63) is 70.6 Å². The van der Waals surface area contributed by atoms with Gasteiger partial charge in [-0.2, -0.15) is 5.26 Å². The van der Waals surface area contributed by atoms with Crippen molar-refractivity contribution in [2.75, 3.05) is 13.7 Å². The van der Waals surface area contributed by atoms with Crippen LogP contribution in [-0.2, 0) is 0 Å². The molecule has 0 saturated carbocycles. The molecule has 0 aliphatic carbocycles. The number of fused-ring (bicyclic) bond motifs is 1. The van der Waals surface area contributed by atoms with Gasteiger partial charge in [-0.3, -0.25) is 5.10 Å². The number of nitrogens with two attached hydrogens (primary N) is 1. The number of nitrogens with zero attached hydrogens (tertiary/aromatic N) is 2. The Hall–Kier alpha value is -3.92. The molecule has 152 valence electrons. The predicted octanol–water partition coefficient (Wildman–Crippen LogP) is 4.01. The highest BCUT2D eigenvalue weighted by atomic mass is 16.5. The third-order valence-corrected chi connectivity index (χ3v) is 5.10. The third-order valence-electron chi connectivity index (χ3n) is 5.10. The number of aryl methyl sites for hydroxylation is 1. The molecule has 0 amide bonds. The van der Waals surface area contributed by atoms with Crippen molar-refractivity contribution in [2.24, 2.45) is 5.73 Å². The number of ether oxygens (including phenoxy) is 3. The number of methoxy groups -OCH3 is 1. The molecule has 30 heavy (non-hydrogen) atoms. The van der Waals surface area contributed by atoms with Gasteiger partial charge in [0.15, 0.2) is 11.5 Å². The first kappa shape index (κ1) is 19.4. The molecule has 1 aromatic heterocycles. The van der Waals surface area contributed by atoms with Gasteiger partial charge in [0.2, 0.25) is 11.8 Å². The molecule has 2 heterocycles. The summed E-state index contributed by atoms with van der Waals surface area (Å²) in [6, 6.07) is 15.9. The van der Waals surface area contributed by atoms with E-state index in [9.17, 15) is 5.26 Å². The Morgan fingerprint density at radius 1 is 1.20 bits per heavy atom. The van der Waals surface area contributed by atoms with E-state index in [0.717, 1.165) is 27.9 Å². The zero-order valence-electron chi connectivity index (χ0n) is 17.0. The van der Waals surface area contributed by atoms with E-state index in [1.807, 2.05) is 56.3 Å². The first-order chi connectivity index (χ1) is 14.6. The van der Waals surface area contributed by atoms with Gasteiger partial charge in [0.05, 0.1) is 30.9 Å². The molecule has 4 rings (SSSR count). The van der Waals surface area contributed by atoms with Crippen LogP contribution in [0.25, 0.3) is 11.3 Å². The summed E-state index contributed by atoms with van der Waals surface area (Å²) in [5.41, 5.74) is 10.8. The average molecular weight is 402 g/mol. The second kappa shape index (κ2) is 7.84. The maximum atomic E-state index is 9.81. The lowest BCUT2D eigenvalue weighted by molar-refractivity contribution is 0.311. The lowest BCUT2D eigenvalue weighted by Gasteiger charge is -2.24. The summed E-state index contributed by atoms with van der Waals surface area (Å²) < 4.78 is 16.8. The Bertz CT molecular complexity index is 1160. The number of hydrogen-bond donors (Lipinski definition) is 2. The van der Waals surface area contributed by atoms with Crippen LogP contribution in [-0.4, -0.2) is 23.9 Å². The molecule has 0 bridgehead atoms. The summed E-state index contributed by atoms with van der Waals surface area (Å²) in [5.74, 6) is 1.30. The van der Waals surface area contributed by atoms with E-state index in [0.29, 0.717) is 29.6 Å². The van der Waals surface area contributed by atoms with E-state index >= 15 is 0 Å². The van der Waals surface area contributed by atoms with Gasteiger partial charge in [-0.25, -0.2) is 0 Å².